The molecule has 0 unspecified atom stereocenters. The van der Waals surface area contributed by atoms with Gasteiger partial charge in [-0.25, -0.2) is 9.98 Å². The Morgan fingerprint density at radius 1 is 1.10 bits per heavy atom. The fourth-order valence-corrected chi connectivity index (χ4v) is 2.14. The summed E-state index contributed by atoms with van der Waals surface area (Å²) in [7, 11) is 3.63. The minimum atomic E-state index is 0.752. The van der Waals surface area contributed by atoms with Crippen LogP contribution >= 0.6 is 0 Å². The monoisotopic (exact) mass is 265 g/mol. The maximum atomic E-state index is 5.28. The van der Waals surface area contributed by atoms with E-state index >= 15 is 0 Å². The smallest absolute Gasteiger partial charge is 0.152 e. The molecule has 0 aliphatic rings. The molecule has 0 amide bonds. The molecule has 0 bridgehead atoms. The van der Waals surface area contributed by atoms with Crippen molar-refractivity contribution in [1.82, 2.24) is 9.55 Å². The van der Waals surface area contributed by atoms with Gasteiger partial charge in [-0.3, -0.25) is 0 Å². The zero-order valence-electron chi connectivity index (χ0n) is 11.4. The molecular formula is C16H15N3O. The standard InChI is InChI=1S/C16H15N3O/c1-19-14-9-5-3-7-12(14)18-16(19)11-17-13-8-4-6-10-15(13)20-2/h3-11H,1-2H3/b17-11+. The first-order valence-electron chi connectivity index (χ1n) is 6.38. The van der Waals surface area contributed by atoms with Crippen LogP contribution in [-0.2, 0) is 7.05 Å². The highest BCUT2D eigenvalue weighted by molar-refractivity contribution is 5.86. The minimum absolute atomic E-state index is 0.752. The third-order valence-electron chi connectivity index (χ3n) is 3.23. The maximum absolute atomic E-state index is 5.28. The van der Waals surface area contributed by atoms with Gasteiger partial charge in [0.15, 0.2) is 5.82 Å². The van der Waals surface area contributed by atoms with Gasteiger partial charge in [-0.15, -0.1) is 0 Å². The maximum Gasteiger partial charge on any atom is 0.152 e. The molecule has 3 rings (SSSR count). The molecule has 0 saturated carbocycles. The number of aromatic nitrogens is 2. The molecule has 4 heteroatoms. The second-order valence-electron chi connectivity index (χ2n) is 4.45. The van der Waals surface area contributed by atoms with Gasteiger partial charge in [0.2, 0.25) is 0 Å². The zero-order valence-corrected chi connectivity index (χ0v) is 11.4. The lowest BCUT2D eigenvalue weighted by molar-refractivity contribution is 0.416. The topological polar surface area (TPSA) is 39.4 Å². The van der Waals surface area contributed by atoms with E-state index in [1.165, 1.54) is 0 Å². The Balaban J connectivity index is 2.00. The van der Waals surface area contributed by atoms with E-state index in [0.29, 0.717) is 0 Å². The van der Waals surface area contributed by atoms with Crippen LogP contribution in [0.5, 0.6) is 5.75 Å². The van der Waals surface area contributed by atoms with Crippen molar-refractivity contribution >= 4 is 22.9 Å². The Kier molecular flexibility index (Phi) is 3.21. The first-order valence-corrected chi connectivity index (χ1v) is 6.38. The third kappa shape index (κ3) is 2.16. The van der Waals surface area contributed by atoms with E-state index in [1.807, 2.05) is 60.1 Å². The summed E-state index contributed by atoms with van der Waals surface area (Å²) >= 11 is 0. The number of benzene rings is 2. The lowest BCUT2D eigenvalue weighted by Crippen LogP contribution is -1.95. The average molecular weight is 265 g/mol. The number of imidazole rings is 1. The number of aliphatic imine (C=N–C) groups is 1. The van der Waals surface area contributed by atoms with E-state index in [4.69, 9.17) is 4.74 Å². The molecule has 0 fully saturated rings. The van der Waals surface area contributed by atoms with Gasteiger partial charge >= 0.3 is 0 Å². The molecule has 0 atom stereocenters. The normalized spacial score (nSPS) is 11.3. The molecule has 2 aromatic carbocycles. The highest BCUT2D eigenvalue weighted by Crippen LogP contribution is 2.26. The predicted molar refractivity (Wildman–Crippen MR) is 81.0 cm³/mol. The Hall–Kier alpha value is -2.62. The summed E-state index contributed by atoms with van der Waals surface area (Å²) in [6.07, 6.45) is 1.76. The largest absolute Gasteiger partial charge is 0.494 e. The molecule has 0 aliphatic carbocycles. The minimum Gasteiger partial charge on any atom is -0.494 e. The molecule has 20 heavy (non-hydrogen) atoms. The summed E-state index contributed by atoms with van der Waals surface area (Å²) in [5, 5.41) is 0. The first kappa shape index (κ1) is 12.4. The van der Waals surface area contributed by atoms with Gasteiger partial charge in [-0.2, -0.15) is 0 Å². The number of rotatable bonds is 3. The molecule has 0 spiro atoms. The summed E-state index contributed by atoms with van der Waals surface area (Å²) in [5.74, 6) is 1.57. The van der Waals surface area contributed by atoms with Crippen molar-refractivity contribution in [3.8, 4) is 5.75 Å². The van der Waals surface area contributed by atoms with Crippen LogP contribution in [0.4, 0.5) is 5.69 Å². The van der Waals surface area contributed by atoms with Crippen LogP contribution in [0, 0.1) is 0 Å². The van der Waals surface area contributed by atoms with Gasteiger partial charge in [-0.05, 0) is 24.3 Å². The molecule has 1 aromatic heterocycles. The lowest BCUT2D eigenvalue weighted by atomic mass is 10.3. The Morgan fingerprint density at radius 3 is 2.65 bits per heavy atom. The van der Waals surface area contributed by atoms with Gasteiger partial charge < -0.3 is 9.30 Å². The van der Waals surface area contributed by atoms with E-state index in [0.717, 1.165) is 28.3 Å². The van der Waals surface area contributed by atoms with E-state index < -0.39 is 0 Å². The van der Waals surface area contributed by atoms with Crippen LogP contribution in [0.1, 0.15) is 5.82 Å². The molecule has 100 valence electrons. The van der Waals surface area contributed by atoms with Crippen LogP contribution in [0.3, 0.4) is 0 Å². The molecule has 0 saturated heterocycles. The predicted octanol–water partition coefficient (Wildman–Crippen LogP) is 3.33. The molecule has 0 aliphatic heterocycles. The molecule has 4 nitrogen and oxygen atoms in total. The fraction of sp³-hybridized carbons (Fsp3) is 0.125. The van der Waals surface area contributed by atoms with Crippen molar-refractivity contribution < 1.29 is 4.74 Å². The number of ether oxygens (including phenoxy) is 1. The number of hydrogen-bond donors (Lipinski definition) is 0. The van der Waals surface area contributed by atoms with Crippen LogP contribution in [0.25, 0.3) is 11.0 Å². The summed E-state index contributed by atoms with van der Waals surface area (Å²) in [4.78, 5) is 9.03. The van der Waals surface area contributed by atoms with Crippen LogP contribution in [-0.4, -0.2) is 22.9 Å². The number of para-hydroxylation sites is 4. The number of fused-ring (bicyclic) bond motifs is 1. The van der Waals surface area contributed by atoms with Gasteiger partial charge in [-0.1, -0.05) is 24.3 Å². The first-order chi connectivity index (χ1) is 9.79. The average Bonchev–Trinajstić information content (AvgIpc) is 2.82. The van der Waals surface area contributed by atoms with Gasteiger partial charge in [0.1, 0.15) is 11.4 Å². The van der Waals surface area contributed by atoms with Crippen LogP contribution in [0.15, 0.2) is 53.5 Å². The summed E-state index contributed by atoms with van der Waals surface area (Å²) in [6.45, 7) is 0. The van der Waals surface area contributed by atoms with Gasteiger partial charge in [0, 0.05) is 7.05 Å². The Bertz CT molecular complexity index is 774. The number of aryl methyl sites for hydroxylation is 1. The Morgan fingerprint density at radius 2 is 1.85 bits per heavy atom. The molecular weight excluding hydrogens is 250 g/mol. The van der Waals surface area contributed by atoms with E-state index in [2.05, 4.69) is 9.98 Å². The zero-order chi connectivity index (χ0) is 13.9. The summed E-state index contributed by atoms with van der Waals surface area (Å²) < 4.78 is 7.30. The van der Waals surface area contributed by atoms with E-state index in [-0.39, 0.29) is 0 Å². The molecule has 0 N–H and O–H groups in total. The molecule has 0 radical (unpaired) electrons. The lowest BCUT2D eigenvalue weighted by Gasteiger charge is -2.02. The fourth-order valence-electron chi connectivity index (χ4n) is 2.14. The quantitative estimate of drug-likeness (QED) is 0.681. The van der Waals surface area contributed by atoms with Crippen molar-refractivity contribution in [1.29, 1.82) is 0 Å². The van der Waals surface area contributed by atoms with Crippen LogP contribution < -0.4 is 4.74 Å². The summed E-state index contributed by atoms with van der Waals surface area (Å²) in [6, 6.07) is 15.7. The third-order valence-corrected chi connectivity index (χ3v) is 3.23. The van der Waals surface area contributed by atoms with Crippen molar-refractivity contribution in [3.05, 3.63) is 54.4 Å². The van der Waals surface area contributed by atoms with Gasteiger partial charge in [0.25, 0.3) is 0 Å². The highest BCUT2D eigenvalue weighted by Gasteiger charge is 2.05. The van der Waals surface area contributed by atoms with E-state index in [9.17, 15) is 0 Å². The second kappa shape index (κ2) is 5.17. The highest BCUT2D eigenvalue weighted by atomic mass is 16.5. The van der Waals surface area contributed by atoms with Gasteiger partial charge in [0.05, 0.1) is 24.4 Å². The van der Waals surface area contributed by atoms with Crippen LogP contribution in [0.2, 0.25) is 0 Å². The van der Waals surface area contributed by atoms with Crippen molar-refractivity contribution in [2.24, 2.45) is 12.0 Å². The Labute approximate surface area is 117 Å². The summed E-state index contributed by atoms with van der Waals surface area (Å²) in [5.41, 5.74) is 2.85. The SMILES string of the molecule is COc1ccccc1/N=C/c1nc2ccccc2n1C. The van der Waals surface area contributed by atoms with Crippen molar-refractivity contribution in [2.75, 3.05) is 7.11 Å². The van der Waals surface area contributed by atoms with Crippen molar-refractivity contribution in [3.63, 3.8) is 0 Å². The van der Waals surface area contributed by atoms with Crippen molar-refractivity contribution in [2.45, 2.75) is 0 Å². The molecule has 3 aromatic rings. The molecule has 1 heterocycles. The number of nitrogens with zero attached hydrogens (tertiary/aromatic N) is 3. The second-order valence-corrected chi connectivity index (χ2v) is 4.45. The number of methoxy groups -OCH3 is 1. The number of hydrogen-bond acceptors (Lipinski definition) is 3. The van der Waals surface area contributed by atoms with E-state index in [1.54, 1.807) is 13.3 Å².